The molecule has 42 heavy (non-hydrogen) atoms. The van der Waals surface area contributed by atoms with E-state index in [1.807, 2.05) is 25.1 Å². The van der Waals surface area contributed by atoms with Crippen LogP contribution >= 0.6 is 11.6 Å². The van der Waals surface area contributed by atoms with Crippen molar-refractivity contribution < 1.29 is 28.6 Å². The number of hydrogen-bond acceptors (Lipinski definition) is 6. The second-order valence-corrected chi connectivity index (χ2v) is 11.9. The molecule has 1 amide bonds. The van der Waals surface area contributed by atoms with Gasteiger partial charge in [0.25, 0.3) is 5.91 Å². The minimum absolute atomic E-state index is 0.0260. The summed E-state index contributed by atoms with van der Waals surface area (Å²) in [4.78, 5) is 31.7. The fourth-order valence-electron chi connectivity index (χ4n) is 6.70. The SMILES string of the molecule is Cc1cc(N2CCC2)cc(Cl)c1C(=O)N1COc2c(cccc2-c2cc(N3C4CCC3COC4)c(C(=O)O)cc2F)C1. The zero-order chi connectivity index (χ0) is 29.1. The number of hydrogen-bond donors (Lipinski definition) is 1. The number of anilines is 2. The van der Waals surface area contributed by atoms with Gasteiger partial charge in [-0.05, 0) is 56.0 Å². The summed E-state index contributed by atoms with van der Waals surface area (Å²) in [5.41, 5.74) is 4.21. The molecule has 4 aliphatic rings. The topological polar surface area (TPSA) is 82.5 Å². The summed E-state index contributed by atoms with van der Waals surface area (Å²) in [6.45, 7) is 5.12. The molecule has 7 rings (SSSR count). The van der Waals surface area contributed by atoms with E-state index in [0.717, 1.165) is 55.2 Å². The van der Waals surface area contributed by atoms with Gasteiger partial charge in [0.05, 0.1) is 53.7 Å². The van der Waals surface area contributed by atoms with E-state index in [0.29, 0.717) is 40.8 Å². The van der Waals surface area contributed by atoms with Gasteiger partial charge in [-0.2, -0.15) is 0 Å². The third-order valence-electron chi connectivity index (χ3n) is 8.94. The summed E-state index contributed by atoms with van der Waals surface area (Å²) in [6, 6.07) is 12.1. The van der Waals surface area contributed by atoms with E-state index in [1.54, 1.807) is 23.1 Å². The molecule has 3 aromatic carbocycles. The maximum Gasteiger partial charge on any atom is 0.337 e. The van der Waals surface area contributed by atoms with Crippen molar-refractivity contribution >= 4 is 34.9 Å². The van der Waals surface area contributed by atoms with Gasteiger partial charge in [0.2, 0.25) is 0 Å². The van der Waals surface area contributed by atoms with Crippen LogP contribution in [0.5, 0.6) is 5.75 Å². The van der Waals surface area contributed by atoms with Gasteiger partial charge in [-0.15, -0.1) is 0 Å². The average Bonchev–Trinajstić information content (AvgIpc) is 3.18. The second kappa shape index (κ2) is 10.5. The number of halogens is 2. The summed E-state index contributed by atoms with van der Waals surface area (Å²) in [6.07, 6.45) is 2.94. The highest BCUT2D eigenvalue weighted by Crippen LogP contribution is 2.43. The molecule has 4 heterocycles. The molecule has 2 unspecified atom stereocenters. The number of amides is 1. The van der Waals surface area contributed by atoms with Gasteiger partial charge in [-0.25, -0.2) is 9.18 Å². The van der Waals surface area contributed by atoms with Crippen molar-refractivity contribution in [2.24, 2.45) is 0 Å². The lowest BCUT2D eigenvalue weighted by atomic mass is 9.96. The third-order valence-corrected chi connectivity index (χ3v) is 9.24. The van der Waals surface area contributed by atoms with Crippen molar-refractivity contribution in [1.82, 2.24) is 4.90 Å². The molecule has 3 aromatic rings. The predicted octanol–water partition coefficient (Wildman–Crippen LogP) is 5.72. The molecule has 0 aliphatic carbocycles. The Bertz CT molecular complexity index is 1570. The number of fused-ring (bicyclic) bond motifs is 3. The number of benzene rings is 3. The van der Waals surface area contributed by atoms with E-state index in [4.69, 9.17) is 21.1 Å². The number of carboxylic acid groups (broad SMARTS) is 1. The Hall–Kier alpha value is -3.82. The molecule has 218 valence electrons. The number of ether oxygens (including phenoxy) is 2. The number of aryl methyl sites for hydroxylation is 1. The Labute approximate surface area is 248 Å². The number of carbonyl (C=O) groups excluding carboxylic acids is 1. The van der Waals surface area contributed by atoms with E-state index >= 15 is 4.39 Å². The number of aromatic carboxylic acids is 1. The van der Waals surface area contributed by atoms with Crippen molar-refractivity contribution in [3.05, 3.63) is 75.6 Å². The van der Waals surface area contributed by atoms with Crippen LogP contribution in [0.3, 0.4) is 0 Å². The molecule has 10 heteroatoms. The molecule has 4 aliphatic heterocycles. The Morgan fingerprint density at radius 2 is 1.81 bits per heavy atom. The van der Waals surface area contributed by atoms with Crippen molar-refractivity contribution in [1.29, 1.82) is 0 Å². The largest absolute Gasteiger partial charge is 0.478 e. The lowest BCUT2D eigenvalue weighted by molar-refractivity contribution is 0.0515. The molecule has 0 radical (unpaired) electrons. The third kappa shape index (κ3) is 4.46. The smallest absolute Gasteiger partial charge is 0.337 e. The molecule has 0 aromatic heterocycles. The summed E-state index contributed by atoms with van der Waals surface area (Å²) >= 11 is 6.63. The second-order valence-electron chi connectivity index (χ2n) is 11.5. The normalized spacial score (nSPS) is 21.1. The fourth-order valence-corrected chi connectivity index (χ4v) is 7.04. The molecule has 1 N–H and O–H groups in total. The predicted molar refractivity (Wildman–Crippen MR) is 157 cm³/mol. The van der Waals surface area contributed by atoms with E-state index < -0.39 is 11.8 Å². The van der Waals surface area contributed by atoms with E-state index in [2.05, 4.69) is 9.80 Å². The lowest BCUT2D eigenvalue weighted by Gasteiger charge is -2.37. The maximum absolute atomic E-state index is 15.6. The average molecular weight is 592 g/mol. The van der Waals surface area contributed by atoms with Gasteiger partial charge in [-0.1, -0.05) is 29.8 Å². The molecule has 3 fully saturated rings. The number of para-hydroxylation sites is 1. The first kappa shape index (κ1) is 27.0. The van der Waals surface area contributed by atoms with Crippen LogP contribution in [0.4, 0.5) is 15.8 Å². The first-order valence-corrected chi connectivity index (χ1v) is 14.7. The molecule has 2 bridgehead atoms. The van der Waals surface area contributed by atoms with Crippen molar-refractivity contribution in [2.75, 3.05) is 42.8 Å². The van der Waals surface area contributed by atoms with Crippen LogP contribution in [0.2, 0.25) is 5.02 Å². The highest BCUT2D eigenvalue weighted by molar-refractivity contribution is 6.34. The van der Waals surface area contributed by atoms with Crippen molar-refractivity contribution in [3.8, 4) is 16.9 Å². The molecule has 3 saturated heterocycles. The van der Waals surface area contributed by atoms with Crippen LogP contribution in [-0.4, -0.2) is 67.0 Å². The zero-order valence-electron chi connectivity index (χ0n) is 23.2. The van der Waals surface area contributed by atoms with Crippen molar-refractivity contribution in [3.63, 3.8) is 0 Å². The van der Waals surface area contributed by atoms with Crippen LogP contribution in [0.25, 0.3) is 11.1 Å². The molecule has 2 atom stereocenters. The number of carbonyl (C=O) groups is 2. The first-order chi connectivity index (χ1) is 20.3. The van der Waals surface area contributed by atoms with E-state index in [9.17, 15) is 14.7 Å². The lowest BCUT2D eigenvalue weighted by Crippen LogP contribution is -2.46. The van der Waals surface area contributed by atoms with Crippen molar-refractivity contribution in [2.45, 2.75) is 44.8 Å². The summed E-state index contributed by atoms with van der Waals surface area (Å²) in [7, 11) is 0. The first-order valence-electron chi connectivity index (χ1n) is 14.3. The van der Waals surface area contributed by atoms with E-state index in [1.165, 1.54) is 0 Å². The quantitative estimate of drug-likeness (QED) is 0.406. The number of carboxylic acids is 1. The molecule has 0 spiro atoms. The summed E-state index contributed by atoms with van der Waals surface area (Å²) in [5.74, 6) is -1.56. The monoisotopic (exact) mass is 591 g/mol. The van der Waals surface area contributed by atoms with E-state index in [-0.39, 0.29) is 42.4 Å². The standard InChI is InChI=1S/C32H31ClFN3O5/c1-18-10-22(35-8-3-9-35)11-26(33)29(18)31(38)36-14-19-4-2-5-23(30(19)42-17-36)24-13-28(25(32(39)40)12-27(24)34)37-20-6-7-21(37)16-41-15-20/h2,4-5,10-13,20-21H,3,6-9,14-17H2,1H3,(H,39,40). The van der Waals surface area contributed by atoms with Gasteiger partial charge in [0, 0.05) is 35.5 Å². The van der Waals surface area contributed by atoms with Gasteiger partial charge >= 0.3 is 5.97 Å². The Morgan fingerprint density at radius 1 is 1.05 bits per heavy atom. The molecular formula is C32H31ClFN3O5. The van der Waals surface area contributed by atoms with Crippen LogP contribution in [0, 0.1) is 12.7 Å². The molecular weight excluding hydrogens is 561 g/mol. The van der Waals surface area contributed by atoms with Crippen LogP contribution < -0.4 is 14.5 Å². The highest BCUT2D eigenvalue weighted by Gasteiger charge is 2.40. The van der Waals surface area contributed by atoms with Gasteiger partial charge in [-0.3, -0.25) is 4.79 Å². The van der Waals surface area contributed by atoms with Crippen LogP contribution in [0.1, 0.15) is 51.1 Å². The van der Waals surface area contributed by atoms with Gasteiger partial charge in [0.1, 0.15) is 11.6 Å². The fraction of sp³-hybridized carbons (Fsp3) is 0.375. The Balaban J connectivity index is 1.21. The maximum atomic E-state index is 15.6. The van der Waals surface area contributed by atoms with Gasteiger partial charge in [0.15, 0.2) is 6.73 Å². The molecule has 8 nitrogen and oxygen atoms in total. The molecule has 0 saturated carbocycles. The number of nitrogens with zero attached hydrogens (tertiary/aromatic N) is 3. The minimum atomic E-state index is -1.17. The minimum Gasteiger partial charge on any atom is -0.478 e. The zero-order valence-corrected chi connectivity index (χ0v) is 24.0. The van der Waals surface area contributed by atoms with Crippen LogP contribution in [0.15, 0.2) is 42.5 Å². The number of rotatable bonds is 5. The number of morpholine rings is 1. The Kier molecular flexibility index (Phi) is 6.74. The summed E-state index contributed by atoms with van der Waals surface area (Å²) < 4.78 is 27.5. The summed E-state index contributed by atoms with van der Waals surface area (Å²) in [5, 5.41) is 10.3. The van der Waals surface area contributed by atoms with Gasteiger partial charge < -0.3 is 29.3 Å². The Morgan fingerprint density at radius 3 is 2.48 bits per heavy atom. The van der Waals surface area contributed by atoms with Crippen LogP contribution in [-0.2, 0) is 11.3 Å². The highest BCUT2D eigenvalue weighted by atomic mass is 35.5.